The van der Waals surface area contributed by atoms with Gasteiger partial charge in [0.2, 0.25) is 5.91 Å². The fraction of sp³-hybridized carbons (Fsp3) is 0.400. The molecular weight excluding hydrogens is 337 g/mol. The van der Waals surface area contributed by atoms with Gasteiger partial charge in [0.05, 0.1) is 12.1 Å². The van der Waals surface area contributed by atoms with Crippen LogP contribution in [0, 0.1) is 0 Å². The third-order valence-electron chi connectivity index (χ3n) is 3.97. The molecule has 8 heteroatoms. The summed E-state index contributed by atoms with van der Waals surface area (Å²) in [6, 6.07) is 7.72. The van der Waals surface area contributed by atoms with E-state index in [1.807, 2.05) is 24.3 Å². The highest BCUT2D eigenvalue weighted by Crippen LogP contribution is 2.28. The zero-order chi connectivity index (χ0) is 14.7. The standard InChI is InChI=1S/C15H19N5O.2ClH/c16-15(7-1-2-8-15)14(21)19-13-5-3-12(4-6-13)9-20-11-17-10-18-20;;/h3-6,10-11H,1-2,7-9,16H2,(H,19,21);2*1H. The Balaban J connectivity index is 0.00000132. The third kappa shape index (κ3) is 4.67. The summed E-state index contributed by atoms with van der Waals surface area (Å²) in [6.45, 7) is 0.662. The highest BCUT2D eigenvalue weighted by atomic mass is 35.5. The van der Waals surface area contributed by atoms with E-state index in [4.69, 9.17) is 5.73 Å². The van der Waals surface area contributed by atoms with Crippen LogP contribution in [0.15, 0.2) is 36.9 Å². The van der Waals surface area contributed by atoms with Crippen molar-refractivity contribution in [3.63, 3.8) is 0 Å². The van der Waals surface area contributed by atoms with Crippen LogP contribution in [-0.4, -0.2) is 26.2 Å². The van der Waals surface area contributed by atoms with E-state index in [2.05, 4.69) is 15.4 Å². The van der Waals surface area contributed by atoms with Crippen LogP contribution >= 0.6 is 24.8 Å². The van der Waals surface area contributed by atoms with Gasteiger partial charge in [-0.1, -0.05) is 25.0 Å². The zero-order valence-electron chi connectivity index (χ0n) is 12.6. The number of nitrogens with two attached hydrogens (primary N) is 1. The molecule has 0 unspecified atom stereocenters. The summed E-state index contributed by atoms with van der Waals surface area (Å²) in [4.78, 5) is 16.1. The predicted octanol–water partition coefficient (Wildman–Crippen LogP) is 2.38. The number of benzene rings is 1. The molecular formula is C15H21Cl2N5O. The van der Waals surface area contributed by atoms with E-state index in [0.29, 0.717) is 6.54 Å². The van der Waals surface area contributed by atoms with Gasteiger partial charge in [0.25, 0.3) is 0 Å². The van der Waals surface area contributed by atoms with Crippen molar-refractivity contribution in [2.45, 2.75) is 37.8 Å². The number of hydrogen-bond acceptors (Lipinski definition) is 4. The quantitative estimate of drug-likeness (QED) is 0.879. The number of nitrogens with zero attached hydrogens (tertiary/aromatic N) is 3. The van der Waals surface area contributed by atoms with Gasteiger partial charge < -0.3 is 11.1 Å². The van der Waals surface area contributed by atoms with Crippen molar-refractivity contribution < 1.29 is 4.79 Å². The van der Waals surface area contributed by atoms with Crippen molar-refractivity contribution in [2.24, 2.45) is 5.73 Å². The maximum atomic E-state index is 12.2. The van der Waals surface area contributed by atoms with Crippen LogP contribution in [0.3, 0.4) is 0 Å². The van der Waals surface area contributed by atoms with E-state index in [1.54, 1.807) is 11.0 Å². The van der Waals surface area contributed by atoms with Gasteiger partial charge in [-0.25, -0.2) is 9.67 Å². The lowest BCUT2D eigenvalue weighted by molar-refractivity contribution is -0.121. The summed E-state index contributed by atoms with van der Waals surface area (Å²) < 4.78 is 1.75. The molecule has 1 aromatic heterocycles. The Bertz CT molecular complexity index is 609. The van der Waals surface area contributed by atoms with Gasteiger partial charge in [0.15, 0.2) is 0 Å². The van der Waals surface area contributed by atoms with E-state index in [9.17, 15) is 4.79 Å². The maximum Gasteiger partial charge on any atom is 0.244 e. The van der Waals surface area contributed by atoms with Gasteiger partial charge in [0.1, 0.15) is 12.7 Å². The van der Waals surface area contributed by atoms with Crippen LogP contribution in [-0.2, 0) is 11.3 Å². The molecule has 0 spiro atoms. The van der Waals surface area contributed by atoms with Gasteiger partial charge in [-0.2, -0.15) is 5.10 Å². The minimum atomic E-state index is -0.695. The molecule has 23 heavy (non-hydrogen) atoms. The van der Waals surface area contributed by atoms with Gasteiger partial charge in [-0.05, 0) is 30.5 Å². The van der Waals surface area contributed by atoms with Crippen LogP contribution in [0.25, 0.3) is 0 Å². The molecule has 3 rings (SSSR count). The molecule has 0 aliphatic heterocycles. The number of rotatable bonds is 4. The van der Waals surface area contributed by atoms with E-state index in [1.165, 1.54) is 6.33 Å². The van der Waals surface area contributed by atoms with E-state index < -0.39 is 5.54 Å². The van der Waals surface area contributed by atoms with Gasteiger partial charge in [-0.3, -0.25) is 4.79 Å². The molecule has 3 N–H and O–H groups in total. The molecule has 0 radical (unpaired) electrons. The van der Waals surface area contributed by atoms with Gasteiger partial charge in [0, 0.05) is 5.69 Å². The molecule has 1 saturated carbocycles. The van der Waals surface area contributed by atoms with E-state index in [-0.39, 0.29) is 30.7 Å². The van der Waals surface area contributed by atoms with Crippen LogP contribution in [0.5, 0.6) is 0 Å². The normalized spacial score (nSPS) is 15.3. The first kappa shape index (κ1) is 19.4. The second-order valence-electron chi connectivity index (χ2n) is 5.61. The number of halogens is 2. The molecule has 1 aromatic carbocycles. The molecule has 0 saturated heterocycles. The number of nitrogens with one attached hydrogen (secondary N) is 1. The molecule has 2 aromatic rings. The molecule has 1 amide bonds. The largest absolute Gasteiger partial charge is 0.324 e. The minimum absolute atomic E-state index is 0. The number of carbonyl (C=O) groups excluding carboxylic acids is 1. The number of aromatic nitrogens is 3. The Morgan fingerprint density at radius 2 is 1.87 bits per heavy atom. The van der Waals surface area contributed by atoms with E-state index >= 15 is 0 Å². The molecule has 0 atom stereocenters. The highest BCUT2D eigenvalue weighted by molar-refractivity contribution is 5.98. The first-order chi connectivity index (χ1) is 10.2. The summed E-state index contributed by atoms with van der Waals surface area (Å²) in [5.41, 5.74) is 7.32. The predicted molar refractivity (Wildman–Crippen MR) is 94.1 cm³/mol. The average molecular weight is 358 g/mol. The topological polar surface area (TPSA) is 85.8 Å². The van der Waals surface area contributed by atoms with Crippen molar-refractivity contribution in [1.29, 1.82) is 0 Å². The average Bonchev–Trinajstić information content (AvgIpc) is 3.13. The molecule has 1 aliphatic rings. The van der Waals surface area contributed by atoms with Crippen LogP contribution < -0.4 is 11.1 Å². The SMILES string of the molecule is Cl.Cl.NC1(C(=O)Nc2ccc(Cn3cncn3)cc2)CCCC1. The van der Waals surface area contributed by atoms with Crippen molar-refractivity contribution >= 4 is 36.4 Å². The lowest BCUT2D eigenvalue weighted by Gasteiger charge is -2.22. The van der Waals surface area contributed by atoms with Crippen LogP contribution in [0.4, 0.5) is 5.69 Å². The lowest BCUT2D eigenvalue weighted by atomic mass is 9.98. The highest BCUT2D eigenvalue weighted by Gasteiger charge is 2.36. The number of carbonyl (C=O) groups is 1. The Hall–Kier alpha value is -1.63. The second-order valence-corrected chi connectivity index (χ2v) is 5.61. The van der Waals surface area contributed by atoms with Crippen molar-refractivity contribution in [3.05, 3.63) is 42.5 Å². The summed E-state index contributed by atoms with van der Waals surface area (Å²) in [5.74, 6) is -0.0796. The number of amides is 1. The van der Waals surface area contributed by atoms with Gasteiger partial charge in [-0.15, -0.1) is 24.8 Å². The molecule has 1 fully saturated rings. The summed E-state index contributed by atoms with van der Waals surface area (Å²) >= 11 is 0. The monoisotopic (exact) mass is 357 g/mol. The fourth-order valence-corrected chi connectivity index (χ4v) is 2.68. The summed E-state index contributed by atoms with van der Waals surface area (Å²) in [7, 11) is 0. The summed E-state index contributed by atoms with van der Waals surface area (Å²) in [5, 5.41) is 6.97. The second kappa shape index (κ2) is 8.29. The minimum Gasteiger partial charge on any atom is -0.324 e. The first-order valence-electron chi connectivity index (χ1n) is 7.17. The number of anilines is 1. The Labute approximate surface area is 147 Å². The van der Waals surface area contributed by atoms with Crippen molar-refractivity contribution in [2.75, 3.05) is 5.32 Å². The first-order valence-corrected chi connectivity index (χ1v) is 7.17. The fourth-order valence-electron chi connectivity index (χ4n) is 2.68. The lowest BCUT2D eigenvalue weighted by Crippen LogP contribution is -2.48. The smallest absolute Gasteiger partial charge is 0.244 e. The Morgan fingerprint density at radius 1 is 1.22 bits per heavy atom. The molecule has 0 bridgehead atoms. The molecule has 1 aliphatic carbocycles. The number of hydrogen-bond donors (Lipinski definition) is 2. The van der Waals surface area contributed by atoms with Crippen LogP contribution in [0.1, 0.15) is 31.2 Å². The molecule has 6 nitrogen and oxygen atoms in total. The summed E-state index contributed by atoms with van der Waals surface area (Å²) in [6.07, 6.45) is 6.78. The van der Waals surface area contributed by atoms with Crippen molar-refractivity contribution in [1.82, 2.24) is 14.8 Å². The molecule has 1 heterocycles. The Morgan fingerprint density at radius 3 is 2.43 bits per heavy atom. The maximum absolute atomic E-state index is 12.2. The third-order valence-corrected chi connectivity index (χ3v) is 3.97. The van der Waals surface area contributed by atoms with E-state index in [0.717, 1.165) is 36.9 Å². The zero-order valence-corrected chi connectivity index (χ0v) is 14.3. The Kier molecular flexibility index (Phi) is 7.00. The molecule has 126 valence electrons. The van der Waals surface area contributed by atoms with Gasteiger partial charge >= 0.3 is 0 Å². The van der Waals surface area contributed by atoms with Crippen LogP contribution in [0.2, 0.25) is 0 Å². The van der Waals surface area contributed by atoms with Crippen molar-refractivity contribution in [3.8, 4) is 0 Å².